The number of hydrogen-bond donors (Lipinski definition) is 1. The summed E-state index contributed by atoms with van der Waals surface area (Å²) in [4.78, 5) is 0. The molecule has 0 heterocycles. The van der Waals surface area contributed by atoms with E-state index in [0.717, 1.165) is 24.9 Å². The smallest absolute Gasteiger partial charge is 0.0588 e. The first-order chi connectivity index (χ1) is 3.93. The topological polar surface area (TPSA) is 20.2 Å². The van der Waals surface area contributed by atoms with Gasteiger partial charge in [0, 0.05) is 0 Å². The van der Waals surface area contributed by atoms with Gasteiger partial charge >= 0.3 is 0 Å². The van der Waals surface area contributed by atoms with E-state index < -0.39 is 0 Å². The molecule has 0 aromatic rings. The van der Waals surface area contributed by atoms with Gasteiger partial charge in [-0.1, -0.05) is 19.3 Å². The van der Waals surface area contributed by atoms with E-state index in [1.54, 1.807) is 0 Å². The van der Waals surface area contributed by atoms with Gasteiger partial charge in [-0.15, -0.1) is 0 Å². The Morgan fingerprint density at radius 2 is 1.75 bits per heavy atom. The van der Waals surface area contributed by atoms with Crippen molar-refractivity contribution in [3.63, 3.8) is 0 Å². The second kappa shape index (κ2) is 3.36. The molecule has 47 valence electrons. The van der Waals surface area contributed by atoms with E-state index in [1.165, 1.54) is 24.5 Å². The minimum Gasteiger partial charge on any atom is -0.329 e. The Labute approximate surface area is 54.7 Å². The summed E-state index contributed by atoms with van der Waals surface area (Å²) in [6.45, 7) is 0. The van der Waals surface area contributed by atoms with Crippen molar-refractivity contribution in [1.29, 1.82) is 0 Å². The van der Waals surface area contributed by atoms with E-state index in [4.69, 9.17) is 4.55 Å². The third-order valence-electron chi connectivity index (χ3n) is 1.54. The van der Waals surface area contributed by atoms with Gasteiger partial charge in [-0.2, -0.15) is 0 Å². The van der Waals surface area contributed by atoms with Gasteiger partial charge in [0.15, 0.2) is 0 Å². The van der Waals surface area contributed by atoms with E-state index in [-0.39, 0.29) is 0 Å². The minimum absolute atomic E-state index is 0.962. The highest BCUT2D eigenvalue weighted by Gasteiger charge is 2.12. The molecule has 1 aliphatic rings. The minimum atomic E-state index is 0.962. The summed E-state index contributed by atoms with van der Waals surface area (Å²) in [6, 6.07) is 0. The molecule has 1 fully saturated rings. The lowest BCUT2D eigenvalue weighted by Crippen LogP contribution is -1.98. The lowest BCUT2D eigenvalue weighted by atomic mass is 10.0. The SMILES string of the molecule is OS[C]1CCCCC1. The van der Waals surface area contributed by atoms with Crippen molar-refractivity contribution in [2.75, 3.05) is 0 Å². The van der Waals surface area contributed by atoms with E-state index in [1.807, 2.05) is 0 Å². The molecule has 0 unspecified atom stereocenters. The highest BCUT2D eigenvalue weighted by atomic mass is 32.2. The quantitative estimate of drug-likeness (QED) is 0.552. The Bertz CT molecular complexity index is 59.5. The Hall–Kier alpha value is 0.310. The van der Waals surface area contributed by atoms with Crippen molar-refractivity contribution in [2.24, 2.45) is 0 Å². The third kappa shape index (κ3) is 1.67. The number of rotatable bonds is 1. The maximum atomic E-state index is 8.57. The predicted molar refractivity (Wildman–Crippen MR) is 36.5 cm³/mol. The molecule has 2 heteroatoms. The maximum Gasteiger partial charge on any atom is 0.0588 e. The van der Waals surface area contributed by atoms with Crippen LogP contribution in [-0.2, 0) is 0 Å². The second-order valence-electron chi connectivity index (χ2n) is 2.19. The first-order valence-electron chi connectivity index (χ1n) is 3.09. The van der Waals surface area contributed by atoms with Crippen molar-refractivity contribution in [3.8, 4) is 0 Å². The Kier molecular flexibility index (Phi) is 2.70. The molecule has 1 rings (SSSR count). The summed E-state index contributed by atoms with van der Waals surface area (Å²) in [5.74, 6) is 0. The summed E-state index contributed by atoms with van der Waals surface area (Å²) in [6.07, 6.45) is 6.19. The fourth-order valence-corrected chi connectivity index (χ4v) is 1.51. The van der Waals surface area contributed by atoms with Crippen LogP contribution in [-0.4, -0.2) is 4.55 Å². The van der Waals surface area contributed by atoms with Crippen LogP contribution in [0, 0.1) is 5.25 Å². The molecule has 0 aliphatic heterocycles. The maximum absolute atomic E-state index is 8.57. The molecule has 1 radical (unpaired) electrons. The lowest BCUT2D eigenvalue weighted by Gasteiger charge is -2.16. The summed E-state index contributed by atoms with van der Waals surface area (Å²) in [5.41, 5.74) is 0. The largest absolute Gasteiger partial charge is 0.329 e. The molecule has 1 nitrogen and oxygen atoms in total. The Morgan fingerprint density at radius 1 is 1.12 bits per heavy atom. The van der Waals surface area contributed by atoms with Crippen LogP contribution < -0.4 is 0 Å². The zero-order valence-electron chi connectivity index (χ0n) is 4.89. The van der Waals surface area contributed by atoms with Crippen LogP contribution in [0.2, 0.25) is 0 Å². The first kappa shape index (κ1) is 6.43. The van der Waals surface area contributed by atoms with Crippen LogP contribution in [0.25, 0.3) is 0 Å². The molecule has 1 saturated carbocycles. The van der Waals surface area contributed by atoms with Crippen molar-refractivity contribution < 1.29 is 4.55 Å². The van der Waals surface area contributed by atoms with Crippen LogP contribution in [0.15, 0.2) is 0 Å². The molecule has 1 N–H and O–H groups in total. The molecule has 0 amide bonds. The summed E-state index contributed by atoms with van der Waals surface area (Å²) < 4.78 is 8.57. The van der Waals surface area contributed by atoms with Gasteiger partial charge in [0.05, 0.1) is 5.25 Å². The molecule has 1 aliphatic carbocycles. The van der Waals surface area contributed by atoms with Gasteiger partial charge in [0.25, 0.3) is 0 Å². The zero-order valence-corrected chi connectivity index (χ0v) is 5.71. The molecule has 8 heavy (non-hydrogen) atoms. The van der Waals surface area contributed by atoms with E-state index in [0.29, 0.717) is 0 Å². The molecular formula is C6H11OS. The molecule has 0 bridgehead atoms. The first-order valence-corrected chi connectivity index (χ1v) is 3.87. The fourth-order valence-electron chi connectivity index (χ4n) is 1.04. The van der Waals surface area contributed by atoms with Crippen LogP contribution in [0.4, 0.5) is 0 Å². The zero-order chi connectivity index (χ0) is 5.82. The van der Waals surface area contributed by atoms with Crippen LogP contribution >= 0.6 is 12.0 Å². The summed E-state index contributed by atoms with van der Waals surface area (Å²) in [5, 5.41) is 1.27. The monoisotopic (exact) mass is 131 g/mol. The van der Waals surface area contributed by atoms with E-state index in [9.17, 15) is 0 Å². The highest BCUT2D eigenvalue weighted by Crippen LogP contribution is 2.32. The van der Waals surface area contributed by atoms with Gasteiger partial charge in [0.2, 0.25) is 0 Å². The van der Waals surface area contributed by atoms with Gasteiger partial charge < -0.3 is 4.55 Å². The van der Waals surface area contributed by atoms with Crippen molar-refractivity contribution in [3.05, 3.63) is 5.25 Å². The molecule has 0 aromatic carbocycles. The van der Waals surface area contributed by atoms with Gasteiger partial charge in [-0.25, -0.2) is 0 Å². The third-order valence-corrected chi connectivity index (χ3v) is 2.21. The average molecular weight is 131 g/mol. The number of hydrogen-bond acceptors (Lipinski definition) is 2. The molecule has 0 aromatic heterocycles. The standard InChI is InChI=1S/C6H11OS/c7-8-6-4-2-1-3-5-6/h7H,1-5H2. The molecule has 0 spiro atoms. The van der Waals surface area contributed by atoms with Crippen molar-refractivity contribution in [1.82, 2.24) is 0 Å². The molecule has 0 atom stereocenters. The van der Waals surface area contributed by atoms with Gasteiger partial charge in [0.1, 0.15) is 0 Å². The summed E-state index contributed by atoms with van der Waals surface area (Å²) in [7, 11) is 0. The Balaban J connectivity index is 2.13. The molecule has 0 saturated heterocycles. The Morgan fingerprint density at radius 3 is 2.12 bits per heavy atom. The summed E-state index contributed by atoms with van der Waals surface area (Å²) >= 11 is 0.962. The fraction of sp³-hybridized carbons (Fsp3) is 0.833. The normalized spacial score (nSPS) is 23.6. The van der Waals surface area contributed by atoms with E-state index in [2.05, 4.69) is 0 Å². The van der Waals surface area contributed by atoms with Gasteiger partial charge in [-0.3, -0.25) is 0 Å². The average Bonchev–Trinajstić information content (AvgIpc) is 1.90. The van der Waals surface area contributed by atoms with Crippen LogP contribution in [0.5, 0.6) is 0 Å². The molecular weight excluding hydrogens is 120 g/mol. The highest BCUT2D eigenvalue weighted by molar-refractivity contribution is 7.96. The van der Waals surface area contributed by atoms with Crippen molar-refractivity contribution >= 4 is 12.0 Å². The van der Waals surface area contributed by atoms with Crippen LogP contribution in [0.3, 0.4) is 0 Å². The van der Waals surface area contributed by atoms with Gasteiger partial charge in [-0.05, 0) is 24.9 Å². The predicted octanol–water partition coefficient (Wildman–Crippen LogP) is 2.69. The van der Waals surface area contributed by atoms with Crippen LogP contribution in [0.1, 0.15) is 32.1 Å². The lowest BCUT2D eigenvalue weighted by molar-refractivity contribution is 0.563. The van der Waals surface area contributed by atoms with E-state index >= 15 is 0 Å². The second-order valence-corrected chi connectivity index (χ2v) is 2.95. The van der Waals surface area contributed by atoms with Crippen molar-refractivity contribution in [2.45, 2.75) is 32.1 Å².